The molecule has 0 aromatic rings. The van der Waals surface area contributed by atoms with Crippen molar-refractivity contribution in [2.75, 3.05) is 11.5 Å². The average Bonchev–Trinajstić information content (AvgIpc) is 1.91. The van der Waals surface area contributed by atoms with Crippen molar-refractivity contribution in [3.05, 3.63) is 0 Å². The standard InChI is InChI=1S/C5H8OS/c1-4-2-7-3-5(4)6/h4H,2-3H2,1H3/t4-/m0/s1. The normalized spacial score (nSPS) is 31.6. The third-order valence-electron chi connectivity index (χ3n) is 1.16. The Balaban J connectivity index is 2.48. The first-order valence-corrected chi connectivity index (χ1v) is 3.56. The van der Waals surface area contributed by atoms with Gasteiger partial charge in [-0.3, -0.25) is 4.79 Å². The summed E-state index contributed by atoms with van der Waals surface area (Å²) in [6.45, 7) is 1.99. The zero-order valence-electron chi connectivity index (χ0n) is 4.31. The molecule has 1 aliphatic rings. The van der Waals surface area contributed by atoms with Crippen molar-refractivity contribution in [2.45, 2.75) is 6.92 Å². The Morgan fingerprint density at radius 1 is 1.86 bits per heavy atom. The number of thioether (sulfide) groups is 1. The summed E-state index contributed by atoms with van der Waals surface area (Å²) in [7, 11) is 0. The Morgan fingerprint density at radius 3 is 2.71 bits per heavy atom. The van der Waals surface area contributed by atoms with E-state index in [1.54, 1.807) is 11.8 Å². The highest BCUT2D eigenvalue weighted by atomic mass is 32.2. The fraction of sp³-hybridized carbons (Fsp3) is 0.800. The molecule has 2 heteroatoms. The van der Waals surface area contributed by atoms with Crippen LogP contribution in [0.15, 0.2) is 0 Å². The van der Waals surface area contributed by atoms with E-state index in [-0.39, 0.29) is 0 Å². The Kier molecular flexibility index (Phi) is 1.38. The highest BCUT2D eigenvalue weighted by Crippen LogP contribution is 2.18. The van der Waals surface area contributed by atoms with Crippen LogP contribution in [0.1, 0.15) is 6.92 Å². The van der Waals surface area contributed by atoms with Gasteiger partial charge in [0.15, 0.2) is 0 Å². The van der Waals surface area contributed by atoms with Gasteiger partial charge in [-0.1, -0.05) is 6.92 Å². The fourth-order valence-electron chi connectivity index (χ4n) is 0.571. The number of hydrogen-bond acceptors (Lipinski definition) is 2. The van der Waals surface area contributed by atoms with Gasteiger partial charge in [0, 0.05) is 11.7 Å². The molecule has 0 aliphatic carbocycles. The van der Waals surface area contributed by atoms with E-state index in [0.29, 0.717) is 11.7 Å². The molecule has 40 valence electrons. The minimum absolute atomic E-state index is 0.338. The smallest absolute Gasteiger partial charge is 0.146 e. The number of hydrogen-bond donors (Lipinski definition) is 0. The maximum Gasteiger partial charge on any atom is 0.146 e. The van der Waals surface area contributed by atoms with Crippen molar-refractivity contribution in [3.8, 4) is 0 Å². The summed E-state index contributed by atoms with van der Waals surface area (Å²) < 4.78 is 0. The molecule has 0 radical (unpaired) electrons. The van der Waals surface area contributed by atoms with Crippen LogP contribution < -0.4 is 0 Å². The van der Waals surface area contributed by atoms with Crippen LogP contribution in [0.5, 0.6) is 0 Å². The molecule has 1 nitrogen and oxygen atoms in total. The maximum absolute atomic E-state index is 10.6. The third kappa shape index (κ3) is 0.969. The van der Waals surface area contributed by atoms with Gasteiger partial charge in [-0.15, -0.1) is 0 Å². The van der Waals surface area contributed by atoms with Crippen LogP contribution in [0.25, 0.3) is 0 Å². The van der Waals surface area contributed by atoms with Crippen molar-refractivity contribution in [2.24, 2.45) is 5.92 Å². The maximum atomic E-state index is 10.6. The lowest BCUT2D eigenvalue weighted by atomic mass is 10.1. The monoisotopic (exact) mass is 116 g/mol. The quantitative estimate of drug-likeness (QED) is 0.468. The van der Waals surface area contributed by atoms with Gasteiger partial charge in [0.2, 0.25) is 0 Å². The zero-order valence-corrected chi connectivity index (χ0v) is 5.12. The van der Waals surface area contributed by atoms with E-state index >= 15 is 0 Å². The summed E-state index contributed by atoms with van der Waals surface area (Å²) in [5.74, 6) is 2.55. The molecule has 0 bridgehead atoms. The summed E-state index contributed by atoms with van der Waals surface area (Å²) >= 11 is 1.74. The first-order valence-electron chi connectivity index (χ1n) is 2.41. The van der Waals surface area contributed by atoms with Crippen LogP contribution in [-0.2, 0) is 4.79 Å². The van der Waals surface area contributed by atoms with Crippen LogP contribution in [0.3, 0.4) is 0 Å². The molecule has 0 saturated carbocycles. The van der Waals surface area contributed by atoms with Gasteiger partial charge in [0.25, 0.3) is 0 Å². The molecule has 0 N–H and O–H groups in total. The molecule has 0 unspecified atom stereocenters. The highest BCUT2D eigenvalue weighted by Gasteiger charge is 2.18. The molecule has 1 rings (SSSR count). The number of carbonyl (C=O) groups excluding carboxylic acids is 1. The number of carbonyl (C=O) groups is 1. The lowest BCUT2D eigenvalue weighted by Crippen LogP contribution is -2.04. The van der Waals surface area contributed by atoms with Gasteiger partial charge in [0.05, 0.1) is 5.75 Å². The van der Waals surface area contributed by atoms with E-state index in [9.17, 15) is 4.79 Å². The predicted molar refractivity (Wildman–Crippen MR) is 31.5 cm³/mol. The second-order valence-corrected chi connectivity index (χ2v) is 2.91. The van der Waals surface area contributed by atoms with Gasteiger partial charge in [-0.05, 0) is 0 Å². The van der Waals surface area contributed by atoms with E-state index in [0.717, 1.165) is 11.5 Å². The second kappa shape index (κ2) is 1.86. The molecule has 0 aromatic heterocycles. The Bertz CT molecular complexity index is 90.1. The minimum Gasteiger partial charge on any atom is -0.298 e. The molecular weight excluding hydrogens is 108 g/mol. The SMILES string of the molecule is C[C@H]1CSCC1=O. The van der Waals surface area contributed by atoms with Crippen LogP contribution in [-0.4, -0.2) is 17.3 Å². The molecule has 7 heavy (non-hydrogen) atoms. The van der Waals surface area contributed by atoms with E-state index in [1.165, 1.54) is 0 Å². The van der Waals surface area contributed by atoms with Gasteiger partial charge in [-0.2, -0.15) is 11.8 Å². The largest absolute Gasteiger partial charge is 0.298 e. The Morgan fingerprint density at radius 2 is 2.57 bits per heavy atom. The topological polar surface area (TPSA) is 17.1 Å². The van der Waals surface area contributed by atoms with E-state index in [4.69, 9.17) is 0 Å². The van der Waals surface area contributed by atoms with Crippen molar-refractivity contribution in [1.29, 1.82) is 0 Å². The fourth-order valence-corrected chi connectivity index (χ4v) is 1.71. The Hall–Kier alpha value is 0.0200. The van der Waals surface area contributed by atoms with E-state index in [1.807, 2.05) is 6.92 Å². The molecule has 1 fully saturated rings. The van der Waals surface area contributed by atoms with Crippen LogP contribution in [0, 0.1) is 5.92 Å². The number of Topliss-reactive ketones (excluding diaryl/α,β-unsaturated/α-hetero) is 1. The van der Waals surface area contributed by atoms with Crippen molar-refractivity contribution in [1.82, 2.24) is 0 Å². The van der Waals surface area contributed by atoms with Gasteiger partial charge in [-0.25, -0.2) is 0 Å². The summed E-state index contributed by atoms with van der Waals surface area (Å²) in [5, 5.41) is 0. The zero-order chi connectivity index (χ0) is 5.28. The van der Waals surface area contributed by atoms with E-state index < -0.39 is 0 Å². The van der Waals surface area contributed by atoms with Gasteiger partial charge >= 0.3 is 0 Å². The molecule has 1 aliphatic heterocycles. The van der Waals surface area contributed by atoms with Gasteiger partial charge in [0.1, 0.15) is 5.78 Å². The van der Waals surface area contributed by atoms with Crippen molar-refractivity contribution < 1.29 is 4.79 Å². The molecular formula is C5H8OS. The molecule has 1 heterocycles. The summed E-state index contributed by atoms with van der Waals surface area (Å²) in [6, 6.07) is 0. The van der Waals surface area contributed by atoms with Crippen molar-refractivity contribution in [3.63, 3.8) is 0 Å². The first-order chi connectivity index (χ1) is 3.30. The molecule has 1 saturated heterocycles. The van der Waals surface area contributed by atoms with Crippen LogP contribution in [0.4, 0.5) is 0 Å². The molecule has 0 spiro atoms. The first kappa shape index (κ1) is 5.16. The van der Waals surface area contributed by atoms with E-state index in [2.05, 4.69) is 0 Å². The lowest BCUT2D eigenvalue weighted by molar-refractivity contribution is -0.118. The summed E-state index contributed by atoms with van der Waals surface area (Å²) in [5.41, 5.74) is 0. The molecule has 0 aromatic carbocycles. The average molecular weight is 116 g/mol. The van der Waals surface area contributed by atoms with Gasteiger partial charge < -0.3 is 0 Å². The Labute approximate surface area is 47.5 Å². The van der Waals surface area contributed by atoms with Crippen LogP contribution in [0.2, 0.25) is 0 Å². The third-order valence-corrected chi connectivity index (χ3v) is 2.39. The summed E-state index contributed by atoms with van der Waals surface area (Å²) in [4.78, 5) is 10.6. The van der Waals surface area contributed by atoms with Crippen molar-refractivity contribution >= 4 is 17.5 Å². The van der Waals surface area contributed by atoms with Crippen LogP contribution >= 0.6 is 11.8 Å². The summed E-state index contributed by atoms with van der Waals surface area (Å²) in [6.07, 6.45) is 0. The number of ketones is 1. The molecule has 1 atom stereocenters. The predicted octanol–water partition coefficient (Wildman–Crippen LogP) is 0.938. The lowest BCUT2D eigenvalue weighted by Gasteiger charge is -1.89. The number of rotatable bonds is 0. The second-order valence-electron chi connectivity index (χ2n) is 1.88. The highest BCUT2D eigenvalue weighted by molar-refractivity contribution is 8.00. The minimum atomic E-state index is 0.338. The molecule has 0 amide bonds.